The molecule has 9 nitrogen and oxygen atoms in total. The third-order valence-corrected chi connectivity index (χ3v) is 5.72. The lowest BCUT2D eigenvalue weighted by atomic mass is 9.93. The van der Waals surface area contributed by atoms with Crippen LogP contribution in [0.15, 0.2) is 70.4 Å². The minimum absolute atomic E-state index is 0.145. The summed E-state index contributed by atoms with van der Waals surface area (Å²) in [5, 5.41) is 19.5. The molecule has 1 aliphatic heterocycles. The second kappa shape index (κ2) is 9.36. The highest BCUT2D eigenvalue weighted by Crippen LogP contribution is 2.35. The average Bonchev–Trinajstić information content (AvgIpc) is 3.23. The van der Waals surface area contributed by atoms with Crippen molar-refractivity contribution >= 4 is 40.7 Å². The van der Waals surface area contributed by atoms with Crippen molar-refractivity contribution in [1.29, 1.82) is 0 Å². The molecule has 0 saturated heterocycles. The van der Waals surface area contributed by atoms with Crippen LogP contribution in [0.25, 0.3) is 0 Å². The smallest absolute Gasteiger partial charge is 0.335 e. The van der Waals surface area contributed by atoms with Gasteiger partial charge in [-0.3, -0.25) is 9.69 Å². The highest BCUT2D eigenvalue weighted by Gasteiger charge is 2.35. The number of aromatic nitrogens is 1. The minimum Gasteiger partial charge on any atom is -0.497 e. The van der Waals surface area contributed by atoms with Crippen LogP contribution < -0.4 is 20.3 Å². The number of amides is 1. The molecule has 0 aliphatic carbocycles. The van der Waals surface area contributed by atoms with Gasteiger partial charge in [0, 0.05) is 17.5 Å². The fourth-order valence-corrected chi connectivity index (χ4v) is 4.12. The van der Waals surface area contributed by atoms with Gasteiger partial charge in [0.25, 0.3) is 5.91 Å². The van der Waals surface area contributed by atoms with E-state index in [4.69, 9.17) is 21.5 Å². The van der Waals surface area contributed by atoms with Crippen molar-refractivity contribution in [2.24, 2.45) is 0 Å². The first kappa shape index (κ1) is 23.0. The zero-order chi connectivity index (χ0) is 24.4. The Kier molecular flexibility index (Phi) is 6.33. The summed E-state index contributed by atoms with van der Waals surface area (Å²) < 4.78 is 10.3. The molecule has 0 bridgehead atoms. The monoisotopic (exact) mass is 478 g/mol. The number of hydrogen-bond acceptors (Lipinski definition) is 6. The molecular formula is C24H22N4O5S. The molecule has 10 heteroatoms. The van der Waals surface area contributed by atoms with Crippen LogP contribution in [0.2, 0.25) is 0 Å². The lowest BCUT2D eigenvalue weighted by Gasteiger charge is -2.38. The van der Waals surface area contributed by atoms with Crippen LogP contribution in [0.3, 0.4) is 0 Å². The zero-order valence-corrected chi connectivity index (χ0v) is 19.5. The number of allylic oxidation sites excluding steroid dienone is 1. The van der Waals surface area contributed by atoms with Gasteiger partial charge < -0.3 is 25.0 Å². The molecule has 2 aromatic carbocycles. The van der Waals surface area contributed by atoms with Gasteiger partial charge in [-0.15, -0.1) is 0 Å². The second-order valence-electron chi connectivity index (χ2n) is 7.62. The lowest BCUT2D eigenvalue weighted by molar-refractivity contribution is -0.113. The molecule has 0 spiro atoms. The van der Waals surface area contributed by atoms with Crippen LogP contribution in [0.4, 0.5) is 11.5 Å². The number of hydrogen-bond donors (Lipinski definition) is 3. The molecule has 0 radical (unpaired) electrons. The van der Waals surface area contributed by atoms with Crippen LogP contribution in [0.1, 0.15) is 34.6 Å². The molecule has 1 aromatic heterocycles. The Labute approximate surface area is 201 Å². The van der Waals surface area contributed by atoms with Crippen molar-refractivity contribution in [2.75, 3.05) is 17.3 Å². The number of carbonyl (C=O) groups is 2. The van der Waals surface area contributed by atoms with E-state index in [1.165, 1.54) is 12.1 Å². The second-order valence-corrected chi connectivity index (χ2v) is 8.01. The van der Waals surface area contributed by atoms with Crippen molar-refractivity contribution in [1.82, 2.24) is 10.5 Å². The Morgan fingerprint density at radius 1 is 1.15 bits per heavy atom. The molecule has 4 rings (SSSR count). The van der Waals surface area contributed by atoms with E-state index in [0.29, 0.717) is 33.5 Å². The molecular weight excluding hydrogens is 456 g/mol. The van der Waals surface area contributed by atoms with Crippen LogP contribution in [0.5, 0.6) is 5.75 Å². The quantitative estimate of drug-likeness (QED) is 0.451. The SMILES string of the molecule is COc1ccc(N2C(=S)NC(c3ccc(C(=O)O)cc3)C(C(=O)Nc3cc(C)on3)=C2C)cc1. The van der Waals surface area contributed by atoms with E-state index >= 15 is 0 Å². The number of ether oxygens (including phenoxy) is 1. The summed E-state index contributed by atoms with van der Waals surface area (Å²) in [6.45, 7) is 3.53. The molecule has 174 valence electrons. The largest absolute Gasteiger partial charge is 0.497 e. The number of thiocarbonyl (C=S) groups is 1. The van der Waals surface area contributed by atoms with E-state index in [0.717, 1.165) is 5.69 Å². The number of rotatable bonds is 6. The molecule has 1 aliphatic rings. The average molecular weight is 479 g/mol. The van der Waals surface area contributed by atoms with E-state index in [1.54, 1.807) is 56.2 Å². The Morgan fingerprint density at radius 2 is 1.82 bits per heavy atom. The molecule has 34 heavy (non-hydrogen) atoms. The molecule has 0 fully saturated rings. The molecule has 1 amide bonds. The van der Waals surface area contributed by atoms with Crippen LogP contribution in [0, 0.1) is 6.92 Å². The molecule has 1 unspecified atom stereocenters. The van der Waals surface area contributed by atoms with Crippen molar-refractivity contribution in [3.63, 3.8) is 0 Å². The van der Waals surface area contributed by atoms with Gasteiger partial charge in [0.2, 0.25) is 0 Å². The minimum atomic E-state index is -1.03. The highest BCUT2D eigenvalue weighted by atomic mass is 32.1. The number of nitrogens with zero attached hydrogens (tertiary/aromatic N) is 2. The third-order valence-electron chi connectivity index (χ3n) is 5.42. The summed E-state index contributed by atoms with van der Waals surface area (Å²) in [5.41, 5.74) is 2.58. The van der Waals surface area contributed by atoms with Crippen molar-refractivity contribution in [3.8, 4) is 5.75 Å². The number of carbonyl (C=O) groups excluding carboxylic acids is 1. The molecule has 2 heterocycles. The van der Waals surface area contributed by atoms with Crippen LogP contribution >= 0.6 is 12.2 Å². The van der Waals surface area contributed by atoms with Gasteiger partial charge in [0.1, 0.15) is 11.5 Å². The number of aryl methyl sites for hydroxylation is 1. The van der Waals surface area contributed by atoms with E-state index in [2.05, 4.69) is 15.8 Å². The van der Waals surface area contributed by atoms with Gasteiger partial charge in [0.15, 0.2) is 10.9 Å². The lowest BCUT2D eigenvalue weighted by Crippen LogP contribution is -2.48. The van der Waals surface area contributed by atoms with Crippen molar-refractivity contribution in [3.05, 3.63) is 82.8 Å². The standard InChI is InChI=1S/C24H22N4O5S/c1-13-12-19(27-33-13)25-22(29)20-14(2)28(17-8-10-18(32-3)11-9-17)24(34)26-21(20)15-4-6-16(7-5-15)23(30)31/h4-12,21H,1-3H3,(H,26,34)(H,30,31)(H,25,27,29). The Morgan fingerprint density at radius 3 is 2.38 bits per heavy atom. The van der Waals surface area contributed by atoms with Gasteiger partial charge in [-0.25, -0.2) is 4.79 Å². The number of anilines is 2. The van der Waals surface area contributed by atoms with E-state index in [-0.39, 0.29) is 11.4 Å². The van der Waals surface area contributed by atoms with Crippen LogP contribution in [-0.2, 0) is 4.79 Å². The van der Waals surface area contributed by atoms with Gasteiger partial charge >= 0.3 is 5.97 Å². The molecule has 1 atom stereocenters. The molecule has 3 N–H and O–H groups in total. The summed E-state index contributed by atoms with van der Waals surface area (Å²) in [5.74, 6) is 0.107. The van der Waals surface area contributed by atoms with E-state index < -0.39 is 17.9 Å². The predicted octanol–water partition coefficient (Wildman–Crippen LogP) is 4.04. The van der Waals surface area contributed by atoms with Gasteiger partial charge in [-0.2, -0.15) is 0 Å². The number of carboxylic acid groups (broad SMARTS) is 1. The third kappa shape index (κ3) is 4.48. The maximum absolute atomic E-state index is 13.5. The van der Waals surface area contributed by atoms with Crippen molar-refractivity contribution < 1.29 is 24.0 Å². The molecule has 3 aromatic rings. The summed E-state index contributed by atoms with van der Waals surface area (Å²) in [7, 11) is 1.58. The maximum Gasteiger partial charge on any atom is 0.335 e. The number of aromatic carboxylic acids is 1. The number of methoxy groups -OCH3 is 1. The van der Waals surface area contributed by atoms with Crippen molar-refractivity contribution in [2.45, 2.75) is 19.9 Å². The first-order valence-corrected chi connectivity index (χ1v) is 10.7. The van der Waals surface area contributed by atoms with E-state index in [9.17, 15) is 14.7 Å². The van der Waals surface area contributed by atoms with Gasteiger partial charge in [0.05, 0.1) is 24.3 Å². The summed E-state index contributed by atoms with van der Waals surface area (Å²) in [6.07, 6.45) is 0. The Balaban J connectivity index is 1.78. The highest BCUT2D eigenvalue weighted by molar-refractivity contribution is 7.80. The van der Waals surface area contributed by atoms with Gasteiger partial charge in [-0.1, -0.05) is 17.3 Å². The number of carboxylic acids is 1. The fourth-order valence-electron chi connectivity index (χ4n) is 3.76. The zero-order valence-electron chi connectivity index (χ0n) is 18.7. The fraction of sp³-hybridized carbons (Fsp3) is 0.167. The normalized spacial score (nSPS) is 15.7. The molecule has 0 saturated carbocycles. The topological polar surface area (TPSA) is 117 Å². The first-order chi connectivity index (χ1) is 16.3. The van der Waals surface area contributed by atoms with E-state index in [1.807, 2.05) is 12.1 Å². The Bertz CT molecular complexity index is 1280. The predicted molar refractivity (Wildman–Crippen MR) is 130 cm³/mol. The van der Waals surface area contributed by atoms with Crippen LogP contribution in [-0.4, -0.2) is 34.4 Å². The number of nitrogens with one attached hydrogen (secondary N) is 2. The van der Waals surface area contributed by atoms with Gasteiger partial charge in [-0.05, 0) is 68.0 Å². The summed E-state index contributed by atoms with van der Waals surface area (Å²) >= 11 is 5.66. The first-order valence-electron chi connectivity index (χ1n) is 10.3. The number of benzene rings is 2. The summed E-state index contributed by atoms with van der Waals surface area (Å²) in [6, 6.07) is 14.6. The maximum atomic E-state index is 13.5. The summed E-state index contributed by atoms with van der Waals surface area (Å²) in [4.78, 5) is 26.5. The Hall–Kier alpha value is -4.18.